The fourth-order valence-electron chi connectivity index (χ4n) is 12.6. The third kappa shape index (κ3) is 74.3. The molecule has 0 aromatic rings. The van der Waals surface area contributed by atoms with E-state index in [-0.39, 0.29) is 25.7 Å². The fourth-order valence-corrected chi connectivity index (χ4v) is 14.2. The second kappa shape index (κ2) is 73.9. The number of rotatable bonds is 81. The molecule has 2 unspecified atom stereocenters. The van der Waals surface area contributed by atoms with E-state index >= 15 is 0 Å². The molecule has 594 valence electrons. The van der Waals surface area contributed by atoms with Crippen LogP contribution in [0.2, 0.25) is 0 Å². The van der Waals surface area contributed by atoms with Crippen LogP contribution < -0.4 is 0 Å². The number of phosphoric ester groups is 2. The molecular formula is C81H158O17P2. The molecule has 0 saturated carbocycles. The summed E-state index contributed by atoms with van der Waals surface area (Å²) in [6.45, 7) is 7.33. The van der Waals surface area contributed by atoms with Gasteiger partial charge in [0, 0.05) is 25.7 Å². The Hall–Kier alpha value is -1.94. The topological polar surface area (TPSA) is 237 Å². The molecule has 0 aromatic carbocycles. The van der Waals surface area contributed by atoms with Crippen LogP contribution in [0.4, 0.5) is 0 Å². The minimum Gasteiger partial charge on any atom is -0.462 e. The summed E-state index contributed by atoms with van der Waals surface area (Å²) in [5.41, 5.74) is 0. The zero-order valence-corrected chi connectivity index (χ0v) is 67.1. The number of phosphoric acid groups is 2. The van der Waals surface area contributed by atoms with Gasteiger partial charge in [-0.1, -0.05) is 381 Å². The molecule has 0 fully saturated rings. The zero-order chi connectivity index (χ0) is 73.4. The molecule has 19 heteroatoms. The average Bonchev–Trinajstić information content (AvgIpc) is 1.03. The Morgan fingerprint density at radius 2 is 0.460 bits per heavy atom. The highest BCUT2D eigenvalue weighted by atomic mass is 31.2. The van der Waals surface area contributed by atoms with E-state index < -0.39 is 97.5 Å². The Balaban J connectivity index is 5.20. The highest BCUT2D eigenvalue weighted by Crippen LogP contribution is 2.45. The molecule has 0 bridgehead atoms. The van der Waals surface area contributed by atoms with Crippen LogP contribution in [0.25, 0.3) is 0 Å². The van der Waals surface area contributed by atoms with Crippen LogP contribution in [-0.2, 0) is 65.4 Å². The summed E-state index contributed by atoms with van der Waals surface area (Å²) in [4.78, 5) is 73.0. The van der Waals surface area contributed by atoms with Gasteiger partial charge >= 0.3 is 39.5 Å². The van der Waals surface area contributed by atoms with Gasteiger partial charge in [-0.05, 0) is 31.6 Å². The predicted molar refractivity (Wildman–Crippen MR) is 409 cm³/mol. The lowest BCUT2D eigenvalue weighted by molar-refractivity contribution is -0.161. The third-order valence-electron chi connectivity index (χ3n) is 19.0. The lowest BCUT2D eigenvalue weighted by Gasteiger charge is -2.21. The van der Waals surface area contributed by atoms with Gasteiger partial charge in [-0.3, -0.25) is 37.3 Å². The van der Waals surface area contributed by atoms with Gasteiger partial charge in [0.2, 0.25) is 0 Å². The SMILES string of the molecule is CCCCCCCCCCCCCCCCCCCCCCCCC(=O)O[C@H](COC(=O)CCCCCCCCCCCCCC(C)C)COP(=O)(O)OC[C@@H](O)COP(=O)(O)OC[C@@H](COC(=O)CCCCCCCCCCCCCC)OC(=O)CCCCCCCCCCCCCC. The summed E-state index contributed by atoms with van der Waals surface area (Å²) >= 11 is 0. The first-order valence-corrected chi connectivity index (χ1v) is 45.1. The highest BCUT2D eigenvalue weighted by Gasteiger charge is 2.30. The molecule has 5 atom stereocenters. The van der Waals surface area contributed by atoms with Gasteiger partial charge in [-0.15, -0.1) is 0 Å². The molecular weight excluding hydrogens is 1310 g/mol. The van der Waals surface area contributed by atoms with Crippen molar-refractivity contribution in [1.29, 1.82) is 0 Å². The van der Waals surface area contributed by atoms with Crippen molar-refractivity contribution >= 4 is 39.5 Å². The lowest BCUT2D eigenvalue weighted by atomic mass is 10.0. The van der Waals surface area contributed by atoms with Gasteiger partial charge < -0.3 is 33.8 Å². The minimum atomic E-state index is -4.96. The van der Waals surface area contributed by atoms with Gasteiger partial charge in [-0.2, -0.15) is 0 Å². The van der Waals surface area contributed by atoms with Gasteiger partial charge in [0.25, 0.3) is 0 Å². The quantitative estimate of drug-likeness (QED) is 0.0222. The molecule has 0 heterocycles. The van der Waals surface area contributed by atoms with Crippen LogP contribution in [0.15, 0.2) is 0 Å². The number of hydrogen-bond donors (Lipinski definition) is 3. The lowest BCUT2D eigenvalue weighted by Crippen LogP contribution is -2.30. The van der Waals surface area contributed by atoms with Crippen LogP contribution in [0.3, 0.4) is 0 Å². The standard InChI is InChI=1S/C81H158O17P2/c1-6-9-12-15-18-21-24-27-28-29-30-31-32-33-34-35-36-41-47-52-57-62-67-81(86)98-77(71-92-79(84)65-60-55-50-45-42-37-38-43-48-53-58-63-74(4)5)73-96-100(89,90)94-69-75(82)68-93-99(87,88)95-72-76(97-80(85)66-61-56-51-46-40-26-23-20-17-14-11-8-3)70-91-78(83)64-59-54-49-44-39-25-22-19-16-13-10-7-2/h74-77,82H,6-73H2,1-5H3,(H,87,88)(H,89,90)/t75-,76+,77+/m0/s1. The largest absolute Gasteiger partial charge is 0.472 e. The van der Waals surface area contributed by atoms with E-state index in [1.165, 1.54) is 257 Å². The Bertz CT molecular complexity index is 1910. The third-order valence-corrected chi connectivity index (χ3v) is 20.9. The van der Waals surface area contributed by atoms with Crippen LogP contribution in [0.1, 0.15) is 433 Å². The number of aliphatic hydroxyl groups is 1. The first kappa shape index (κ1) is 98.1. The summed E-state index contributed by atoms with van der Waals surface area (Å²) in [5, 5.41) is 10.6. The maximum absolute atomic E-state index is 13.1. The zero-order valence-electron chi connectivity index (χ0n) is 65.3. The Labute approximate surface area is 613 Å². The predicted octanol–water partition coefficient (Wildman–Crippen LogP) is 24.4. The van der Waals surface area contributed by atoms with Gasteiger partial charge in [0.05, 0.1) is 26.4 Å². The number of aliphatic hydroxyl groups excluding tert-OH is 1. The summed E-state index contributed by atoms with van der Waals surface area (Å²) in [6, 6.07) is 0. The minimum absolute atomic E-state index is 0.108. The molecule has 0 aliphatic heterocycles. The second-order valence-corrected chi connectivity index (χ2v) is 32.5. The van der Waals surface area contributed by atoms with Crippen LogP contribution >= 0.6 is 15.6 Å². The molecule has 17 nitrogen and oxygen atoms in total. The normalized spacial score (nSPS) is 13.8. The van der Waals surface area contributed by atoms with Crippen molar-refractivity contribution in [1.82, 2.24) is 0 Å². The number of esters is 4. The Morgan fingerprint density at radius 1 is 0.270 bits per heavy atom. The molecule has 0 aromatic heterocycles. The smallest absolute Gasteiger partial charge is 0.462 e. The van der Waals surface area contributed by atoms with E-state index in [1.807, 2.05) is 0 Å². The monoisotopic (exact) mass is 1470 g/mol. The van der Waals surface area contributed by atoms with E-state index in [0.717, 1.165) is 95.8 Å². The van der Waals surface area contributed by atoms with Crippen LogP contribution in [0.5, 0.6) is 0 Å². The van der Waals surface area contributed by atoms with Crippen molar-refractivity contribution in [3.05, 3.63) is 0 Å². The molecule has 0 amide bonds. The average molecular weight is 1470 g/mol. The number of carbonyl (C=O) groups excluding carboxylic acids is 4. The van der Waals surface area contributed by atoms with E-state index in [4.69, 9.17) is 37.0 Å². The van der Waals surface area contributed by atoms with Crippen molar-refractivity contribution in [2.75, 3.05) is 39.6 Å². The number of ether oxygens (including phenoxy) is 4. The molecule has 0 saturated heterocycles. The molecule has 0 rings (SSSR count). The summed E-state index contributed by atoms with van der Waals surface area (Å²) in [5.74, 6) is -1.34. The number of hydrogen-bond acceptors (Lipinski definition) is 15. The van der Waals surface area contributed by atoms with E-state index in [9.17, 15) is 43.2 Å². The molecule has 100 heavy (non-hydrogen) atoms. The summed E-state index contributed by atoms with van der Waals surface area (Å²) in [6.07, 6.45) is 65.2. The molecule has 0 aliphatic carbocycles. The molecule has 0 spiro atoms. The number of unbranched alkanes of at least 4 members (excludes halogenated alkanes) is 53. The maximum atomic E-state index is 13.1. The molecule has 0 radical (unpaired) electrons. The fraction of sp³-hybridized carbons (Fsp3) is 0.951. The highest BCUT2D eigenvalue weighted by molar-refractivity contribution is 7.47. The van der Waals surface area contributed by atoms with Crippen molar-refractivity contribution < 1.29 is 80.2 Å². The van der Waals surface area contributed by atoms with E-state index in [1.54, 1.807) is 0 Å². The van der Waals surface area contributed by atoms with Crippen molar-refractivity contribution in [2.45, 2.75) is 451 Å². The van der Waals surface area contributed by atoms with Crippen molar-refractivity contribution in [3.8, 4) is 0 Å². The maximum Gasteiger partial charge on any atom is 0.472 e. The summed E-state index contributed by atoms with van der Waals surface area (Å²) < 4.78 is 68.7. The van der Waals surface area contributed by atoms with E-state index in [0.29, 0.717) is 25.7 Å². The first-order valence-electron chi connectivity index (χ1n) is 42.1. The van der Waals surface area contributed by atoms with Crippen molar-refractivity contribution in [2.24, 2.45) is 5.92 Å². The van der Waals surface area contributed by atoms with Crippen molar-refractivity contribution in [3.63, 3.8) is 0 Å². The first-order chi connectivity index (χ1) is 48.5. The second-order valence-electron chi connectivity index (χ2n) is 29.6. The van der Waals surface area contributed by atoms with Gasteiger partial charge in [-0.25, -0.2) is 9.13 Å². The van der Waals surface area contributed by atoms with Crippen LogP contribution in [-0.4, -0.2) is 96.7 Å². The summed E-state index contributed by atoms with van der Waals surface area (Å²) in [7, 11) is -9.92. The van der Waals surface area contributed by atoms with Crippen LogP contribution in [0, 0.1) is 5.92 Å². The van der Waals surface area contributed by atoms with Gasteiger partial charge in [0.1, 0.15) is 19.3 Å². The Kier molecular flexibility index (Phi) is 72.5. The molecule has 0 aliphatic rings. The number of carbonyl (C=O) groups is 4. The van der Waals surface area contributed by atoms with E-state index in [2.05, 4.69) is 34.6 Å². The Morgan fingerprint density at radius 3 is 0.680 bits per heavy atom. The molecule has 3 N–H and O–H groups in total. The van der Waals surface area contributed by atoms with Gasteiger partial charge in [0.15, 0.2) is 12.2 Å².